The molecule has 0 saturated heterocycles. The van der Waals surface area contributed by atoms with Crippen LogP contribution in [0.15, 0.2) is 36.4 Å². The van der Waals surface area contributed by atoms with E-state index in [0.717, 1.165) is 5.56 Å². The van der Waals surface area contributed by atoms with Crippen LogP contribution in [-0.2, 0) is 11.3 Å². The van der Waals surface area contributed by atoms with E-state index < -0.39 is 5.60 Å². The minimum absolute atomic E-state index is 0.246. The zero-order chi connectivity index (χ0) is 20.0. The summed E-state index contributed by atoms with van der Waals surface area (Å²) in [5.74, 6) is 1.82. The molecule has 0 aliphatic heterocycles. The maximum atomic E-state index is 12.6. The SMILES string of the molecule is COc1ccc(CNC(=O)C(C)(C)Oc2ccc(Cl)cc2)c(OC)c1OC. The predicted octanol–water partition coefficient (Wildman–Crippen LogP) is 3.84. The van der Waals surface area contributed by atoms with Gasteiger partial charge in [0, 0.05) is 17.1 Å². The smallest absolute Gasteiger partial charge is 0.263 e. The van der Waals surface area contributed by atoms with Crippen molar-refractivity contribution in [3.05, 3.63) is 47.0 Å². The lowest BCUT2D eigenvalue weighted by Gasteiger charge is -2.25. The van der Waals surface area contributed by atoms with E-state index in [-0.39, 0.29) is 12.5 Å². The Morgan fingerprint density at radius 1 is 0.963 bits per heavy atom. The molecule has 0 unspecified atom stereocenters. The first-order valence-corrected chi connectivity index (χ1v) is 8.71. The largest absolute Gasteiger partial charge is 0.493 e. The van der Waals surface area contributed by atoms with E-state index in [2.05, 4.69) is 5.32 Å². The monoisotopic (exact) mass is 393 g/mol. The summed E-state index contributed by atoms with van der Waals surface area (Å²) in [6.45, 7) is 3.64. The molecule has 0 aromatic heterocycles. The van der Waals surface area contributed by atoms with Gasteiger partial charge in [0.1, 0.15) is 5.75 Å². The van der Waals surface area contributed by atoms with Gasteiger partial charge in [0.2, 0.25) is 5.75 Å². The Morgan fingerprint density at radius 2 is 1.59 bits per heavy atom. The molecule has 2 aromatic rings. The molecule has 1 amide bonds. The fraction of sp³-hybridized carbons (Fsp3) is 0.350. The third kappa shape index (κ3) is 4.98. The van der Waals surface area contributed by atoms with Gasteiger partial charge in [-0.05, 0) is 50.2 Å². The number of halogens is 1. The Hall–Kier alpha value is -2.60. The molecule has 0 spiro atoms. The van der Waals surface area contributed by atoms with Crippen LogP contribution >= 0.6 is 11.6 Å². The van der Waals surface area contributed by atoms with E-state index in [1.165, 1.54) is 14.2 Å². The molecule has 0 heterocycles. The molecule has 2 rings (SSSR count). The number of carbonyl (C=O) groups is 1. The number of hydrogen-bond donors (Lipinski definition) is 1. The maximum Gasteiger partial charge on any atom is 0.263 e. The molecular weight excluding hydrogens is 370 g/mol. The average molecular weight is 394 g/mol. The van der Waals surface area contributed by atoms with Gasteiger partial charge in [-0.15, -0.1) is 0 Å². The normalized spacial score (nSPS) is 10.9. The van der Waals surface area contributed by atoms with Crippen molar-refractivity contribution >= 4 is 17.5 Å². The van der Waals surface area contributed by atoms with Crippen LogP contribution < -0.4 is 24.3 Å². The third-order valence-electron chi connectivity index (χ3n) is 3.96. The Balaban J connectivity index is 2.11. The average Bonchev–Trinajstić information content (AvgIpc) is 2.66. The van der Waals surface area contributed by atoms with E-state index in [1.807, 2.05) is 6.07 Å². The molecule has 27 heavy (non-hydrogen) atoms. The van der Waals surface area contributed by atoms with Crippen LogP contribution in [-0.4, -0.2) is 32.8 Å². The first-order chi connectivity index (χ1) is 12.8. The van der Waals surface area contributed by atoms with Gasteiger partial charge < -0.3 is 24.3 Å². The second kappa shape index (κ2) is 8.86. The molecule has 0 radical (unpaired) electrons. The highest BCUT2D eigenvalue weighted by atomic mass is 35.5. The van der Waals surface area contributed by atoms with Crippen LogP contribution in [0, 0.1) is 0 Å². The molecule has 0 bridgehead atoms. The van der Waals surface area contributed by atoms with Crippen LogP contribution in [0.3, 0.4) is 0 Å². The van der Waals surface area contributed by atoms with Crippen LogP contribution in [0.2, 0.25) is 5.02 Å². The summed E-state index contributed by atoms with van der Waals surface area (Å²) in [6.07, 6.45) is 0. The molecule has 2 aromatic carbocycles. The highest BCUT2D eigenvalue weighted by Crippen LogP contribution is 2.39. The van der Waals surface area contributed by atoms with Crippen molar-refractivity contribution in [1.82, 2.24) is 5.32 Å². The number of ether oxygens (including phenoxy) is 4. The summed E-state index contributed by atoms with van der Waals surface area (Å²) in [6, 6.07) is 10.4. The number of nitrogens with one attached hydrogen (secondary N) is 1. The molecule has 0 saturated carbocycles. The van der Waals surface area contributed by atoms with Gasteiger partial charge in [-0.3, -0.25) is 4.79 Å². The quantitative estimate of drug-likeness (QED) is 0.738. The Kier molecular flexibility index (Phi) is 6.80. The van der Waals surface area contributed by atoms with Gasteiger partial charge in [0.15, 0.2) is 17.1 Å². The number of carbonyl (C=O) groups excluding carboxylic acids is 1. The lowest BCUT2D eigenvalue weighted by molar-refractivity contribution is -0.134. The standard InChI is InChI=1S/C20H24ClNO5/c1-20(2,27-15-9-7-14(21)8-10-15)19(23)22-12-13-6-11-16(24-3)18(26-5)17(13)25-4/h6-11H,12H2,1-5H3,(H,22,23). The van der Waals surface area contributed by atoms with Gasteiger partial charge in [0.05, 0.1) is 21.3 Å². The van der Waals surface area contributed by atoms with Gasteiger partial charge in [-0.1, -0.05) is 11.6 Å². The first-order valence-electron chi connectivity index (χ1n) is 8.33. The topological polar surface area (TPSA) is 66.0 Å². The third-order valence-corrected chi connectivity index (χ3v) is 4.21. The molecule has 7 heteroatoms. The highest BCUT2D eigenvalue weighted by Gasteiger charge is 2.30. The molecule has 6 nitrogen and oxygen atoms in total. The van der Waals surface area contributed by atoms with E-state index in [0.29, 0.717) is 28.0 Å². The van der Waals surface area contributed by atoms with Gasteiger partial charge in [0.25, 0.3) is 5.91 Å². The molecule has 0 aliphatic carbocycles. The van der Waals surface area contributed by atoms with Crippen molar-refractivity contribution in [3.8, 4) is 23.0 Å². The lowest BCUT2D eigenvalue weighted by atomic mass is 10.1. The highest BCUT2D eigenvalue weighted by molar-refractivity contribution is 6.30. The molecule has 0 atom stereocenters. The van der Waals surface area contributed by atoms with Crippen LogP contribution in [0.4, 0.5) is 0 Å². The van der Waals surface area contributed by atoms with Crippen molar-refractivity contribution in [2.45, 2.75) is 26.0 Å². The molecule has 146 valence electrons. The van der Waals surface area contributed by atoms with E-state index in [1.54, 1.807) is 51.3 Å². The number of methoxy groups -OCH3 is 3. The molecule has 0 aliphatic rings. The molecular formula is C20H24ClNO5. The van der Waals surface area contributed by atoms with Gasteiger partial charge >= 0.3 is 0 Å². The van der Waals surface area contributed by atoms with E-state index in [9.17, 15) is 4.79 Å². The summed E-state index contributed by atoms with van der Waals surface area (Å²) < 4.78 is 21.9. The van der Waals surface area contributed by atoms with Crippen molar-refractivity contribution < 1.29 is 23.7 Å². The number of rotatable bonds is 8. The molecule has 1 N–H and O–H groups in total. The van der Waals surface area contributed by atoms with Crippen LogP contribution in [0.25, 0.3) is 0 Å². The second-order valence-corrected chi connectivity index (χ2v) is 6.68. The number of hydrogen-bond acceptors (Lipinski definition) is 5. The lowest BCUT2D eigenvalue weighted by Crippen LogP contribution is -2.46. The Morgan fingerprint density at radius 3 is 2.15 bits per heavy atom. The van der Waals surface area contributed by atoms with E-state index in [4.69, 9.17) is 30.5 Å². The fourth-order valence-corrected chi connectivity index (χ4v) is 2.66. The Bertz CT molecular complexity index is 790. The van der Waals surface area contributed by atoms with Gasteiger partial charge in [-0.2, -0.15) is 0 Å². The minimum Gasteiger partial charge on any atom is -0.493 e. The predicted molar refractivity (Wildman–Crippen MR) is 104 cm³/mol. The van der Waals surface area contributed by atoms with Crippen LogP contribution in [0.5, 0.6) is 23.0 Å². The maximum absolute atomic E-state index is 12.6. The summed E-state index contributed by atoms with van der Waals surface area (Å²) in [7, 11) is 4.62. The summed E-state index contributed by atoms with van der Waals surface area (Å²) in [5.41, 5.74) is -0.316. The van der Waals surface area contributed by atoms with Crippen molar-refractivity contribution in [2.75, 3.05) is 21.3 Å². The second-order valence-electron chi connectivity index (χ2n) is 6.24. The van der Waals surface area contributed by atoms with Gasteiger partial charge in [-0.25, -0.2) is 0 Å². The van der Waals surface area contributed by atoms with E-state index >= 15 is 0 Å². The first kappa shape index (κ1) is 20.7. The van der Waals surface area contributed by atoms with Crippen LogP contribution in [0.1, 0.15) is 19.4 Å². The minimum atomic E-state index is -1.07. The van der Waals surface area contributed by atoms with Crippen molar-refractivity contribution in [1.29, 1.82) is 0 Å². The number of amides is 1. The zero-order valence-corrected chi connectivity index (χ0v) is 16.8. The van der Waals surface area contributed by atoms with Crippen molar-refractivity contribution in [2.24, 2.45) is 0 Å². The summed E-state index contributed by atoms with van der Waals surface area (Å²) in [5, 5.41) is 3.47. The molecule has 0 fully saturated rings. The zero-order valence-electron chi connectivity index (χ0n) is 16.1. The van der Waals surface area contributed by atoms with Crippen molar-refractivity contribution in [3.63, 3.8) is 0 Å². The fourth-order valence-electron chi connectivity index (χ4n) is 2.53. The Labute approximate surface area is 164 Å². The number of benzene rings is 2. The summed E-state index contributed by atoms with van der Waals surface area (Å²) >= 11 is 5.87. The summed E-state index contributed by atoms with van der Waals surface area (Å²) in [4.78, 5) is 12.6.